The molecule has 1 saturated carbocycles. The minimum absolute atomic E-state index is 0.0201. The van der Waals surface area contributed by atoms with Crippen LogP contribution in [-0.2, 0) is 60.8 Å². The van der Waals surface area contributed by atoms with Gasteiger partial charge in [-0.15, -0.1) is 0 Å². The van der Waals surface area contributed by atoms with E-state index in [9.17, 15) is 53.1 Å². The van der Waals surface area contributed by atoms with E-state index in [2.05, 4.69) is 62.8 Å². The predicted octanol–water partition coefficient (Wildman–Crippen LogP) is -4.23. The molecule has 0 bridgehead atoms. The number of ether oxygens (including phenoxy) is 1. The molecule has 33 nitrogen and oxygen atoms in total. The van der Waals surface area contributed by atoms with Gasteiger partial charge < -0.3 is 109 Å². The number of benzene rings is 2. The van der Waals surface area contributed by atoms with E-state index >= 15 is 0 Å². The molecule has 1 saturated heterocycles. The number of carbonyl (C=O) groups is 10. The summed E-state index contributed by atoms with van der Waals surface area (Å²) in [4.78, 5) is 154. The van der Waals surface area contributed by atoms with Crippen molar-refractivity contribution in [2.24, 2.45) is 72.5 Å². The molecule has 10 amide bonds. The molecule has 95 heavy (non-hydrogen) atoms. The van der Waals surface area contributed by atoms with E-state index in [1.165, 1.54) is 12.1 Å². The molecule has 1 aliphatic heterocycles. The predicted molar refractivity (Wildman–Crippen MR) is 363 cm³/mol. The van der Waals surface area contributed by atoms with Gasteiger partial charge in [0.05, 0.1) is 19.1 Å². The van der Waals surface area contributed by atoms with Crippen LogP contribution >= 0.6 is 21.6 Å². The quantitative estimate of drug-likeness (QED) is 0.0147. The summed E-state index contributed by atoms with van der Waals surface area (Å²) in [7, 11) is 2.04. The van der Waals surface area contributed by atoms with Crippen LogP contribution in [0.3, 0.4) is 0 Å². The molecule has 28 N–H and O–H groups in total. The van der Waals surface area contributed by atoms with Gasteiger partial charge in [0.2, 0.25) is 59.1 Å². The minimum atomic E-state index is -1.78. The van der Waals surface area contributed by atoms with Crippen LogP contribution in [0.4, 0.5) is 0 Å². The summed E-state index contributed by atoms with van der Waals surface area (Å²) in [6.07, 6.45) is 1.99. The lowest BCUT2D eigenvalue weighted by Gasteiger charge is -2.29. The fraction of sp³-hybridized carbons (Fsp3) is 0.550. The molecule has 2 aromatic carbocycles. The molecule has 3 unspecified atom stereocenters. The van der Waals surface area contributed by atoms with Crippen LogP contribution in [-0.4, -0.2) is 182 Å². The highest BCUT2D eigenvalue weighted by molar-refractivity contribution is 8.78. The Morgan fingerprint density at radius 3 is 1.76 bits per heavy atom. The lowest BCUT2D eigenvalue weighted by molar-refractivity contribution is -0.136. The van der Waals surface area contributed by atoms with Crippen LogP contribution in [0, 0.1) is 5.92 Å². The maximum Gasteiger partial charge on any atom is 0.244 e. The van der Waals surface area contributed by atoms with Crippen LogP contribution in [0.25, 0.3) is 0 Å². The van der Waals surface area contributed by atoms with Gasteiger partial charge in [-0.3, -0.25) is 62.9 Å². The third-order valence-corrected chi connectivity index (χ3v) is 17.6. The highest BCUT2D eigenvalue weighted by Gasteiger charge is 2.37. The smallest absolute Gasteiger partial charge is 0.244 e. The van der Waals surface area contributed by atoms with Gasteiger partial charge in [0, 0.05) is 49.8 Å². The lowest BCUT2D eigenvalue weighted by atomic mass is 10.0. The molecule has 1 aliphatic carbocycles. The second-order valence-corrected chi connectivity index (χ2v) is 25.4. The van der Waals surface area contributed by atoms with Gasteiger partial charge >= 0.3 is 0 Å². The fourth-order valence-electron chi connectivity index (χ4n) is 10.0. The highest BCUT2D eigenvalue weighted by Crippen LogP contribution is 2.40. The minimum Gasteiger partial charge on any atom is -0.508 e. The van der Waals surface area contributed by atoms with E-state index in [0.717, 1.165) is 40.0 Å². The Hall–Kier alpha value is -9.09. The van der Waals surface area contributed by atoms with Gasteiger partial charge in [-0.2, -0.15) is 0 Å². The van der Waals surface area contributed by atoms with Crippen molar-refractivity contribution in [3.8, 4) is 11.5 Å². The van der Waals surface area contributed by atoms with Crippen LogP contribution in [0.1, 0.15) is 103 Å². The number of hydrogen-bond donors (Lipinski definition) is 19. The Morgan fingerprint density at radius 2 is 1.19 bits per heavy atom. The Balaban J connectivity index is 1.77. The highest BCUT2D eigenvalue weighted by atomic mass is 33.1. The number of rotatable bonds is 31. The number of amides is 10. The van der Waals surface area contributed by atoms with E-state index in [-0.39, 0.29) is 113 Å². The van der Waals surface area contributed by atoms with Crippen molar-refractivity contribution in [1.29, 1.82) is 0 Å². The van der Waals surface area contributed by atoms with Crippen LogP contribution in [0.15, 0.2) is 74.0 Å². The number of allylic oxidation sites excluding steroid dienone is 1. The summed E-state index contributed by atoms with van der Waals surface area (Å²) >= 11 is 0. The Bertz CT molecular complexity index is 3040. The van der Waals surface area contributed by atoms with Crippen molar-refractivity contribution in [3.05, 3.63) is 70.1 Å². The number of carbonyl (C=O) groups excluding carboxylic acids is 10. The maximum atomic E-state index is 15.0. The number of aliphatic imine (C=N–C) groups is 3. The van der Waals surface area contributed by atoms with Crippen molar-refractivity contribution in [2.75, 3.05) is 45.1 Å². The van der Waals surface area contributed by atoms with Gasteiger partial charge in [0.1, 0.15) is 59.8 Å². The largest absolute Gasteiger partial charge is 0.508 e. The first-order valence-corrected chi connectivity index (χ1v) is 33.6. The number of primary amides is 2. The first kappa shape index (κ1) is 78.4. The Morgan fingerprint density at radius 1 is 0.642 bits per heavy atom. The Labute approximate surface area is 559 Å². The van der Waals surface area contributed by atoms with E-state index in [0.29, 0.717) is 41.2 Å². The number of nitrogens with one attached hydrogen (secondary N) is 9. The molecule has 2 aliphatic rings. The van der Waals surface area contributed by atoms with Gasteiger partial charge in [-0.05, 0) is 119 Å². The average molecular weight is 1370 g/mol. The topological polar surface area (TPSA) is 580 Å². The number of nitrogens with zero attached hydrogens (tertiary/aromatic N) is 3. The molecular weight excluding hydrogens is 1270 g/mol. The molecule has 524 valence electrons. The first-order valence-electron chi connectivity index (χ1n) is 31.3. The number of nitrogens with two attached hydrogens (primary N) is 9. The summed E-state index contributed by atoms with van der Waals surface area (Å²) in [6, 6.07) is 0.395. The molecule has 4 rings (SSSR count). The van der Waals surface area contributed by atoms with E-state index in [1.807, 2.05) is 6.92 Å². The van der Waals surface area contributed by atoms with Crippen molar-refractivity contribution < 1.29 is 57.8 Å². The molecule has 2 fully saturated rings. The fourth-order valence-corrected chi connectivity index (χ4v) is 12.8. The van der Waals surface area contributed by atoms with Crippen molar-refractivity contribution in [1.82, 2.24) is 47.9 Å². The van der Waals surface area contributed by atoms with Crippen molar-refractivity contribution in [2.45, 2.75) is 159 Å². The summed E-state index contributed by atoms with van der Waals surface area (Å²) in [5.74, 6) is -9.89. The van der Waals surface area contributed by atoms with Crippen LogP contribution in [0.2, 0.25) is 0 Å². The molecule has 2 aromatic rings. The zero-order valence-corrected chi connectivity index (χ0v) is 55.5. The number of phenols is 1. The number of guanidine groups is 3. The van der Waals surface area contributed by atoms with E-state index in [1.54, 1.807) is 50.2 Å². The Kier molecular flexibility index (Phi) is 33.7. The average Bonchev–Trinajstić information content (AvgIpc) is 1.73. The van der Waals surface area contributed by atoms with E-state index in [4.69, 9.17) is 56.3 Å². The molecule has 0 radical (unpaired) electrons. The standard InChI is InChI=1S/C60H95N21O12S2/c1-4-93-37-21-17-34(18-22-37)29-42-53(88)76-40(14-9-25-74-60(68)69)52(87)81-47(32(2)3)57(92)79-43(30-45(61)83)54(89)80-44(31-94-95-48(35-10-5-6-11-35)46(62)56(91)78-42)55(90)77-39(13-8-24-73-59(66)67)51(86)75-38(12-7-23-72-58(64)65)50(85)71-27-26-70-41(49(63)84)28-33-15-19-36(82)20-16-33/h15-22,32,38-44,46-47,70,82H,4-14,23-31,62H2,1-3H3,(H2,61,83)(H2,63,84)(H,71,85)(H,75,86)(H,76,88)(H,77,90)(H,78,91)(H,79,92)(H,80,89)(H,81,87)(H4,64,65,72)(H4,66,67,73)(H4,68,69,74)/t38-,39-,40?,41-,42?,43-,44?,46-,47-/m0/s1. The molecule has 35 heteroatoms. The number of aromatic hydroxyl groups is 1. The summed E-state index contributed by atoms with van der Waals surface area (Å²) < 4.78 is 5.62. The maximum absolute atomic E-state index is 15.0. The number of phenolic OH excluding ortho intramolecular Hbond substituents is 1. The third kappa shape index (κ3) is 28.6. The van der Waals surface area contributed by atoms with Crippen molar-refractivity contribution >= 4 is 98.5 Å². The van der Waals surface area contributed by atoms with Gasteiger partial charge in [0.15, 0.2) is 17.9 Å². The molecule has 0 spiro atoms. The first-order chi connectivity index (χ1) is 45.1. The molecule has 1 heterocycles. The normalized spacial score (nSPS) is 20.2. The molecule has 0 aromatic heterocycles. The summed E-state index contributed by atoms with van der Waals surface area (Å²) in [5.41, 5.74) is 53.9. The second-order valence-electron chi connectivity index (χ2n) is 23.0. The van der Waals surface area contributed by atoms with E-state index < -0.39 is 126 Å². The molecular formula is C60H95N21O12S2. The van der Waals surface area contributed by atoms with Crippen LogP contribution < -0.4 is 104 Å². The monoisotopic (exact) mass is 1370 g/mol. The zero-order valence-electron chi connectivity index (χ0n) is 53.8. The van der Waals surface area contributed by atoms with Gasteiger partial charge in [-0.25, -0.2) is 0 Å². The third-order valence-electron chi connectivity index (χ3n) is 15.0. The summed E-state index contributed by atoms with van der Waals surface area (Å²) in [5, 5.41) is 34.2. The van der Waals surface area contributed by atoms with Crippen LogP contribution in [0.5, 0.6) is 11.5 Å². The second kappa shape index (κ2) is 40.9. The lowest BCUT2D eigenvalue weighted by Crippen LogP contribution is -2.61. The van der Waals surface area contributed by atoms with Crippen molar-refractivity contribution in [3.63, 3.8) is 0 Å². The summed E-state index contributed by atoms with van der Waals surface area (Å²) in [6.45, 7) is 5.45. The SMILES string of the molecule is CCOc1ccc(CC2NC(=O)[C@@H](N)C(=C3CCCC3)SSCC(C(=O)N[C@@H](CCCN=C(N)N)C(=O)N[C@@H](CCCN=C(N)N)C(=O)NCCN[C@@H](Cc3ccc(O)cc3)C(N)=O)NC(=O)[C@H](CC(N)=O)NC(=O)[C@H](C(C)C)NC(=O)C(CCCN=C(N)N)NC2=O)cc1. The molecule has 9 atom stereocenters. The van der Waals surface area contributed by atoms with Gasteiger partial charge in [-0.1, -0.05) is 65.3 Å². The number of hydrogen-bond acceptors (Lipinski definition) is 19. The van der Waals surface area contributed by atoms with Gasteiger partial charge in [0.25, 0.3) is 0 Å². The zero-order chi connectivity index (χ0) is 70.1.